The van der Waals surface area contributed by atoms with E-state index in [0.717, 1.165) is 0 Å². The van der Waals surface area contributed by atoms with E-state index in [-0.39, 0.29) is 28.0 Å². The standard InChI is InChI=1S/C13H16N2O6S2/c16-13-14-11-7-10(23(19,20)21)1-2-12(11)15(13)8-9-3-5-22(17,18)6-4-9/h1-2,7,9H,3-6,8H2,(H,14,16)(H,19,20,21). The molecule has 0 spiro atoms. The van der Waals surface area contributed by atoms with Gasteiger partial charge in [0.1, 0.15) is 9.84 Å². The third-order valence-corrected chi connectivity index (χ3v) is 6.72. The smallest absolute Gasteiger partial charge is 0.305 e. The largest absolute Gasteiger partial charge is 0.326 e. The van der Waals surface area contributed by atoms with Gasteiger partial charge in [0, 0.05) is 6.54 Å². The summed E-state index contributed by atoms with van der Waals surface area (Å²) < 4.78 is 55.7. The fraction of sp³-hybridized carbons (Fsp3) is 0.462. The van der Waals surface area contributed by atoms with Gasteiger partial charge in [0.25, 0.3) is 10.1 Å². The Balaban J connectivity index is 1.93. The molecule has 126 valence electrons. The van der Waals surface area contributed by atoms with Crippen molar-refractivity contribution in [2.24, 2.45) is 5.92 Å². The number of hydrogen-bond acceptors (Lipinski definition) is 5. The Labute approximate surface area is 132 Å². The predicted molar refractivity (Wildman–Crippen MR) is 83.8 cm³/mol. The maximum Gasteiger partial charge on any atom is 0.326 e. The quantitative estimate of drug-likeness (QED) is 0.763. The molecule has 1 aliphatic heterocycles. The highest BCUT2D eigenvalue weighted by atomic mass is 32.2. The average Bonchev–Trinajstić information content (AvgIpc) is 2.75. The number of rotatable bonds is 3. The molecule has 3 rings (SSSR count). The molecule has 0 atom stereocenters. The highest BCUT2D eigenvalue weighted by Gasteiger charge is 2.25. The molecule has 2 N–H and O–H groups in total. The van der Waals surface area contributed by atoms with Gasteiger partial charge >= 0.3 is 5.69 Å². The second-order valence-electron chi connectivity index (χ2n) is 5.79. The Morgan fingerprint density at radius 1 is 1.26 bits per heavy atom. The number of hydrogen-bond donors (Lipinski definition) is 2. The van der Waals surface area contributed by atoms with Crippen LogP contribution in [-0.4, -0.2) is 42.4 Å². The summed E-state index contributed by atoms with van der Waals surface area (Å²) in [6.45, 7) is 0.375. The van der Waals surface area contributed by atoms with E-state index in [1.165, 1.54) is 22.8 Å². The van der Waals surface area contributed by atoms with Crippen molar-refractivity contribution in [3.8, 4) is 0 Å². The van der Waals surface area contributed by atoms with Gasteiger partial charge in [0.2, 0.25) is 0 Å². The van der Waals surface area contributed by atoms with E-state index < -0.39 is 20.0 Å². The van der Waals surface area contributed by atoms with E-state index in [1.807, 2.05) is 0 Å². The summed E-state index contributed by atoms with van der Waals surface area (Å²) in [6.07, 6.45) is 1.01. The number of aromatic nitrogens is 2. The van der Waals surface area contributed by atoms with Crippen molar-refractivity contribution in [2.45, 2.75) is 24.3 Å². The lowest BCUT2D eigenvalue weighted by molar-refractivity contribution is 0.404. The normalized spacial score (nSPS) is 19.2. The zero-order valence-electron chi connectivity index (χ0n) is 12.1. The van der Waals surface area contributed by atoms with Gasteiger partial charge in [-0.1, -0.05) is 0 Å². The molecule has 0 saturated carbocycles. The molecule has 0 bridgehead atoms. The lowest BCUT2D eigenvalue weighted by atomic mass is 10.0. The van der Waals surface area contributed by atoms with E-state index in [1.54, 1.807) is 0 Å². The highest BCUT2D eigenvalue weighted by Crippen LogP contribution is 2.23. The summed E-state index contributed by atoms with van der Waals surface area (Å²) in [4.78, 5) is 14.3. The molecule has 1 aliphatic rings. The van der Waals surface area contributed by atoms with Gasteiger partial charge in [0.15, 0.2) is 0 Å². The van der Waals surface area contributed by atoms with Crippen LogP contribution in [0.2, 0.25) is 0 Å². The second kappa shape index (κ2) is 5.46. The fourth-order valence-electron chi connectivity index (χ4n) is 2.86. The van der Waals surface area contributed by atoms with Crippen molar-refractivity contribution in [3.63, 3.8) is 0 Å². The number of nitrogens with one attached hydrogen (secondary N) is 1. The van der Waals surface area contributed by atoms with Crippen LogP contribution in [0.5, 0.6) is 0 Å². The first-order valence-electron chi connectivity index (χ1n) is 7.06. The molecule has 10 heteroatoms. The number of benzene rings is 1. The summed E-state index contributed by atoms with van der Waals surface area (Å²) in [6, 6.07) is 3.89. The Hall–Kier alpha value is -1.65. The maximum absolute atomic E-state index is 12.1. The number of nitrogens with zero attached hydrogens (tertiary/aromatic N) is 1. The van der Waals surface area contributed by atoms with Crippen molar-refractivity contribution in [1.82, 2.24) is 9.55 Å². The summed E-state index contributed by atoms with van der Waals surface area (Å²) in [5.74, 6) is 0.333. The van der Waals surface area contributed by atoms with E-state index in [0.29, 0.717) is 30.4 Å². The number of fused-ring (bicyclic) bond motifs is 1. The maximum atomic E-state index is 12.1. The number of imidazole rings is 1. The molecule has 0 radical (unpaired) electrons. The SMILES string of the molecule is O=c1[nH]c2cc(S(=O)(=O)O)ccc2n1CC1CCS(=O)(=O)CC1. The lowest BCUT2D eigenvalue weighted by Gasteiger charge is -2.22. The van der Waals surface area contributed by atoms with E-state index >= 15 is 0 Å². The Kier molecular flexibility index (Phi) is 3.85. The molecular formula is C13H16N2O6S2. The molecule has 23 heavy (non-hydrogen) atoms. The average molecular weight is 360 g/mol. The van der Waals surface area contributed by atoms with Gasteiger partial charge in [-0.3, -0.25) is 9.12 Å². The van der Waals surface area contributed by atoms with Crippen LogP contribution in [0, 0.1) is 5.92 Å². The van der Waals surface area contributed by atoms with Gasteiger partial charge in [-0.15, -0.1) is 0 Å². The first kappa shape index (κ1) is 16.2. The first-order chi connectivity index (χ1) is 10.7. The van der Waals surface area contributed by atoms with Gasteiger partial charge in [-0.2, -0.15) is 8.42 Å². The molecule has 8 nitrogen and oxygen atoms in total. The molecule has 2 aromatic rings. The number of aromatic amines is 1. The Morgan fingerprint density at radius 3 is 2.52 bits per heavy atom. The van der Waals surface area contributed by atoms with E-state index in [2.05, 4.69) is 4.98 Å². The van der Waals surface area contributed by atoms with Crippen molar-refractivity contribution in [2.75, 3.05) is 11.5 Å². The van der Waals surface area contributed by atoms with Crippen LogP contribution in [-0.2, 0) is 26.5 Å². The van der Waals surface area contributed by atoms with Crippen molar-refractivity contribution in [3.05, 3.63) is 28.7 Å². The number of sulfone groups is 1. The minimum absolute atomic E-state index is 0.0801. The minimum Gasteiger partial charge on any atom is -0.305 e. The van der Waals surface area contributed by atoms with Crippen molar-refractivity contribution >= 4 is 31.0 Å². The fourth-order valence-corrected chi connectivity index (χ4v) is 4.96. The van der Waals surface area contributed by atoms with Crippen LogP contribution in [0.15, 0.2) is 27.9 Å². The molecule has 0 aliphatic carbocycles. The lowest BCUT2D eigenvalue weighted by Crippen LogP contribution is -2.29. The monoisotopic (exact) mass is 360 g/mol. The summed E-state index contributed by atoms with van der Waals surface area (Å²) in [7, 11) is -7.29. The molecule has 1 aromatic heterocycles. The zero-order chi connectivity index (χ0) is 16.8. The van der Waals surface area contributed by atoms with Gasteiger partial charge in [0.05, 0.1) is 27.4 Å². The van der Waals surface area contributed by atoms with Crippen LogP contribution >= 0.6 is 0 Å². The molecular weight excluding hydrogens is 344 g/mol. The van der Waals surface area contributed by atoms with Gasteiger partial charge in [-0.05, 0) is 37.0 Å². The van der Waals surface area contributed by atoms with Crippen LogP contribution in [0.1, 0.15) is 12.8 Å². The van der Waals surface area contributed by atoms with Crippen LogP contribution < -0.4 is 5.69 Å². The summed E-state index contributed by atoms with van der Waals surface area (Å²) in [5, 5.41) is 0. The molecule has 2 heterocycles. The minimum atomic E-state index is -4.34. The third-order valence-electron chi connectivity index (χ3n) is 4.16. The van der Waals surface area contributed by atoms with Crippen molar-refractivity contribution < 1.29 is 21.4 Å². The molecule has 1 aromatic carbocycles. The summed E-state index contributed by atoms with van der Waals surface area (Å²) in [5.41, 5.74) is 0.449. The Morgan fingerprint density at radius 2 is 1.91 bits per heavy atom. The van der Waals surface area contributed by atoms with Crippen LogP contribution in [0.4, 0.5) is 0 Å². The first-order valence-corrected chi connectivity index (χ1v) is 10.3. The molecule has 1 fully saturated rings. The highest BCUT2D eigenvalue weighted by molar-refractivity contribution is 7.91. The van der Waals surface area contributed by atoms with Crippen molar-refractivity contribution in [1.29, 1.82) is 0 Å². The third kappa shape index (κ3) is 3.33. The zero-order valence-corrected chi connectivity index (χ0v) is 13.7. The van der Waals surface area contributed by atoms with E-state index in [9.17, 15) is 21.6 Å². The second-order valence-corrected chi connectivity index (χ2v) is 9.52. The molecule has 0 unspecified atom stereocenters. The topological polar surface area (TPSA) is 126 Å². The van der Waals surface area contributed by atoms with Crippen LogP contribution in [0.25, 0.3) is 11.0 Å². The van der Waals surface area contributed by atoms with Gasteiger partial charge < -0.3 is 4.98 Å². The van der Waals surface area contributed by atoms with E-state index in [4.69, 9.17) is 4.55 Å². The van der Waals surface area contributed by atoms with Gasteiger partial charge in [-0.25, -0.2) is 13.2 Å². The Bertz CT molecular complexity index is 1000. The number of H-pyrrole nitrogens is 1. The molecule has 0 amide bonds. The summed E-state index contributed by atoms with van der Waals surface area (Å²) >= 11 is 0. The van der Waals surface area contributed by atoms with Crippen LogP contribution in [0.3, 0.4) is 0 Å². The predicted octanol–water partition coefficient (Wildman–Crippen LogP) is 0.401. The molecule has 1 saturated heterocycles.